The van der Waals surface area contributed by atoms with Crippen molar-refractivity contribution in [1.29, 1.82) is 0 Å². The van der Waals surface area contributed by atoms with Crippen LogP contribution in [0.1, 0.15) is 24.9 Å². The Kier molecular flexibility index (Phi) is 3.25. The third kappa shape index (κ3) is 2.35. The molecule has 2 bridgehead atoms. The van der Waals surface area contributed by atoms with Crippen LogP contribution in [0.5, 0.6) is 5.75 Å². The highest BCUT2D eigenvalue weighted by molar-refractivity contribution is 7.80. The quantitative estimate of drug-likeness (QED) is 0.771. The number of halogens is 2. The summed E-state index contributed by atoms with van der Waals surface area (Å²) in [6.07, 6.45) is 0.649. The van der Waals surface area contributed by atoms with Crippen LogP contribution in [-0.4, -0.2) is 10.8 Å². The van der Waals surface area contributed by atoms with Gasteiger partial charge in [-0.2, -0.15) is 0 Å². The number of fused-ring (bicyclic) bond motifs is 4. The first-order valence-electron chi connectivity index (χ1n) is 7.31. The minimum atomic E-state index is -0.650. The molecular weight excluding hydrogens is 335 g/mol. The topological polar surface area (TPSA) is 24.5 Å². The Morgan fingerprint density at radius 3 is 2.96 bits per heavy atom. The summed E-state index contributed by atoms with van der Waals surface area (Å²) in [5, 5.41) is 4.47. The van der Waals surface area contributed by atoms with E-state index in [1.807, 2.05) is 36.1 Å². The summed E-state index contributed by atoms with van der Waals surface area (Å²) in [7, 11) is 0. The Hall–Kier alpha value is -1.85. The summed E-state index contributed by atoms with van der Waals surface area (Å²) in [5.41, 5.74) is 1.01. The highest BCUT2D eigenvalue weighted by Gasteiger charge is 2.48. The van der Waals surface area contributed by atoms with Crippen LogP contribution in [0.3, 0.4) is 0 Å². The number of anilines is 1. The van der Waals surface area contributed by atoms with Crippen LogP contribution in [0.15, 0.2) is 42.5 Å². The van der Waals surface area contributed by atoms with Crippen molar-refractivity contribution in [3.63, 3.8) is 0 Å². The molecule has 4 rings (SSSR count). The van der Waals surface area contributed by atoms with Crippen LogP contribution in [-0.2, 0) is 0 Å². The maximum Gasteiger partial charge on any atom is 0.188 e. The SMILES string of the molecule is C[C@@]12C[C@@H](NC(=S)N1c1cccc(Cl)c1)c1cc(F)ccc1O2. The van der Waals surface area contributed by atoms with Crippen LogP contribution in [0.25, 0.3) is 0 Å². The lowest BCUT2D eigenvalue weighted by molar-refractivity contribution is 0.0495. The van der Waals surface area contributed by atoms with Crippen LogP contribution < -0.4 is 15.0 Å². The molecule has 3 nitrogen and oxygen atoms in total. The smallest absolute Gasteiger partial charge is 0.188 e. The Balaban J connectivity index is 1.81. The second-order valence-corrected chi connectivity index (χ2v) is 6.80. The van der Waals surface area contributed by atoms with Gasteiger partial charge in [-0.3, -0.25) is 4.90 Å². The Labute approximate surface area is 144 Å². The standard InChI is InChI=1S/C17H14ClFN2OS/c1-17-9-14(13-8-11(19)5-6-15(13)22-17)20-16(23)21(17)12-4-2-3-10(18)7-12/h2-8,14H,9H2,1H3,(H,20,23)/t14-,17-/m1/s1. The Morgan fingerprint density at radius 1 is 1.35 bits per heavy atom. The molecule has 2 atom stereocenters. The predicted molar refractivity (Wildman–Crippen MR) is 92.5 cm³/mol. The molecule has 1 saturated heterocycles. The fourth-order valence-electron chi connectivity index (χ4n) is 3.35. The minimum Gasteiger partial charge on any atom is -0.467 e. The first kappa shape index (κ1) is 14.7. The van der Waals surface area contributed by atoms with Gasteiger partial charge in [-0.05, 0) is 55.5 Å². The first-order valence-corrected chi connectivity index (χ1v) is 8.10. The van der Waals surface area contributed by atoms with E-state index in [1.54, 1.807) is 6.07 Å². The summed E-state index contributed by atoms with van der Waals surface area (Å²) < 4.78 is 19.8. The normalized spacial score (nSPS) is 25.4. The average Bonchev–Trinajstić information content (AvgIpc) is 2.47. The maximum absolute atomic E-state index is 13.6. The fraction of sp³-hybridized carbons (Fsp3) is 0.235. The van der Waals surface area contributed by atoms with Crippen LogP contribution in [0.2, 0.25) is 5.02 Å². The number of nitrogens with one attached hydrogen (secondary N) is 1. The minimum absolute atomic E-state index is 0.0672. The van der Waals surface area contributed by atoms with E-state index in [9.17, 15) is 4.39 Å². The van der Waals surface area contributed by atoms with Gasteiger partial charge in [0.05, 0.1) is 6.04 Å². The molecule has 2 aromatic carbocycles. The number of hydrogen-bond donors (Lipinski definition) is 1. The molecule has 0 radical (unpaired) electrons. The molecule has 2 heterocycles. The van der Waals surface area contributed by atoms with E-state index in [2.05, 4.69) is 5.32 Å². The average molecular weight is 349 g/mol. The Morgan fingerprint density at radius 2 is 2.17 bits per heavy atom. The summed E-state index contributed by atoms with van der Waals surface area (Å²) in [5.74, 6) is 0.396. The van der Waals surface area contributed by atoms with Crippen molar-refractivity contribution in [2.45, 2.75) is 25.1 Å². The van der Waals surface area contributed by atoms with E-state index >= 15 is 0 Å². The second kappa shape index (κ2) is 5.08. The van der Waals surface area contributed by atoms with Crippen LogP contribution >= 0.6 is 23.8 Å². The summed E-state index contributed by atoms with van der Waals surface area (Å²) in [4.78, 5) is 1.93. The number of hydrogen-bond acceptors (Lipinski definition) is 2. The number of nitrogens with zero attached hydrogens (tertiary/aromatic N) is 1. The zero-order valence-corrected chi connectivity index (χ0v) is 13.9. The predicted octanol–water partition coefficient (Wildman–Crippen LogP) is 4.41. The number of rotatable bonds is 1. The van der Waals surface area contributed by atoms with Gasteiger partial charge in [-0.25, -0.2) is 4.39 Å². The van der Waals surface area contributed by atoms with E-state index in [-0.39, 0.29) is 11.9 Å². The van der Waals surface area contributed by atoms with Crippen LogP contribution in [0.4, 0.5) is 10.1 Å². The molecule has 1 fully saturated rings. The fourth-order valence-corrected chi connectivity index (χ4v) is 3.98. The number of thiocarbonyl (C=S) groups is 1. The van der Waals surface area contributed by atoms with Gasteiger partial charge in [0.15, 0.2) is 10.8 Å². The first-order chi connectivity index (χ1) is 11.0. The summed E-state index contributed by atoms with van der Waals surface area (Å²) in [6.45, 7) is 1.99. The lowest BCUT2D eigenvalue weighted by atomic mass is 9.90. The van der Waals surface area contributed by atoms with Crippen molar-refractivity contribution in [2.24, 2.45) is 0 Å². The molecular formula is C17H14ClFN2OS. The Bertz CT molecular complexity index is 815. The number of ether oxygens (including phenoxy) is 1. The van der Waals surface area contributed by atoms with Gasteiger partial charge >= 0.3 is 0 Å². The van der Waals surface area contributed by atoms with Crippen LogP contribution in [0, 0.1) is 5.82 Å². The highest BCUT2D eigenvalue weighted by atomic mass is 35.5. The van der Waals surface area contributed by atoms with E-state index < -0.39 is 5.72 Å². The van der Waals surface area contributed by atoms with Crippen molar-refractivity contribution < 1.29 is 9.13 Å². The van der Waals surface area contributed by atoms with E-state index in [0.717, 1.165) is 11.3 Å². The third-order valence-corrected chi connectivity index (χ3v) is 4.84. The molecule has 0 unspecified atom stereocenters. The lowest BCUT2D eigenvalue weighted by Crippen LogP contribution is -2.65. The molecule has 0 amide bonds. The summed E-state index contributed by atoms with van der Waals surface area (Å²) >= 11 is 11.7. The molecule has 23 heavy (non-hydrogen) atoms. The van der Waals surface area contributed by atoms with Gasteiger partial charge in [0, 0.05) is 22.7 Å². The third-order valence-electron chi connectivity index (χ3n) is 4.30. The molecule has 0 spiro atoms. The molecule has 1 N–H and O–H groups in total. The molecule has 0 saturated carbocycles. The molecule has 2 aliphatic heterocycles. The highest BCUT2D eigenvalue weighted by Crippen LogP contribution is 2.45. The van der Waals surface area contributed by atoms with Gasteiger partial charge in [0.2, 0.25) is 0 Å². The zero-order valence-electron chi connectivity index (χ0n) is 12.3. The van der Waals surface area contributed by atoms with Gasteiger partial charge in [-0.15, -0.1) is 0 Å². The molecule has 0 aromatic heterocycles. The zero-order chi connectivity index (χ0) is 16.2. The number of benzene rings is 2. The van der Waals surface area contributed by atoms with Crippen molar-refractivity contribution in [1.82, 2.24) is 5.32 Å². The van der Waals surface area contributed by atoms with Gasteiger partial charge in [-0.1, -0.05) is 17.7 Å². The molecule has 0 aliphatic carbocycles. The van der Waals surface area contributed by atoms with Gasteiger partial charge in [0.25, 0.3) is 0 Å². The van der Waals surface area contributed by atoms with Crippen molar-refractivity contribution >= 4 is 34.6 Å². The lowest BCUT2D eigenvalue weighted by Gasteiger charge is -2.52. The van der Waals surface area contributed by atoms with Crippen molar-refractivity contribution in [2.75, 3.05) is 4.90 Å². The maximum atomic E-state index is 13.6. The molecule has 118 valence electrons. The molecule has 2 aromatic rings. The van der Waals surface area contributed by atoms with Crippen molar-refractivity contribution in [3.8, 4) is 5.75 Å². The monoisotopic (exact) mass is 348 g/mol. The van der Waals surface area contributed by atoms with Gasteiger partial charge < -0.3 is 10.1 Å². The van der Waals surface area contributed by atoms with Gasteiger partial charge in [0.1, 0.15) is 11.6 Å². The van der Waals surface area contributed by atoms with E-state index in [0.29, 0.717) is 22.3 Å². The molecule has 2 aliphatic rings. The summed E-state index contributed by atoms with van der Waals surface area (Å²) in [6, 6.07) is 12.0. The largest absolute Gasteiger partial charge is 0.467 e. The van der Waals surface area contributed by atoms with E-state index in [1.165, 1.54) is 12.1 Å². The second-order valence-electron chi connectivity index (χ2n) is 5.98. The van der Waals surface area contributed by atoms with Crippen molar-refractivity contribution in [3.05, 3.63) is 58.9 Å². The molecule has 6 heteroatoms. The van der Waals surface area contributed by atoms with E-state index in [4.69, 9.17) is 28.6 Å².